The van der Waals surface area contributed by atoms with Crippen LogP contribution in [0.2, 0.25) is 0 Å². The molecule has 20 heavy (non-hydrogen) atoms. The molecule has 0 bridgehead atoms. The monoisotopic (exact) mass is 277 g/mol. The molecule has 0 aliphatic rings. The topological polar surface area (TPSA) is 84.6 Å². The molecule has 0 heterocycles. The second-order valence-electron chi connectivity index (χ2n) is 4.65. The van der Waals surface area contributed by atoms with Gasteiger partial charge in [0.2, 0.25) is 0 Å². The molecule has 0 saturated heterocycles. The zero-order valence-corrected chi connectivity index (χ0v) is 12.0. The first-order valence-corrected chi connectivity index (χ1v) is 6.54. The standard InChI is InChI=1S/C14H19N3O3/c1-4-5-6-11(3)15-16-14(18)12-7-8-13(17(19)20)10(2)9-12/h7-9H,4-6H2,1-3H3,(H,16,18)/b15-11-. The summed E-state index contributed by atoms with van der Waals surface area (Å²) in [5.41, 5.74) is 4.14. The van der Waals surface area contributed by atoms with Gasteiger partial charge in [0, 0.05) is 22.9 Å². The van der Waals surface area contributed by atoms with E-state index in [9.17, 15) is 14.9 Å². The lowest BCUT2D eigenvalue weighted by Crippen LogP contribution is -2.19. The third-order valence-electron chi connectivity index (χ3n) is 2.90. The Morgan fingerprint density at radius 3 is 2.70 bits per heavy atom. The van der Waals surface area contributed by atoms with Crippen LogP contribution in [-0.2, 0) is 0 Å². The number of nitro benzene ring substituents is 1. The summed E-state index contributed by atoms with van der Waals surface area (Å²) in [6.07, 6.45) is 2.94. The fourth-order valence-electron chi connectivity index (χ4n) is 1.70. The van der Waals surface area contributed by atoms with Gasteiger partial charge in [0.25, 0.3) is 11.6 Å². The SMILES string of the molecule is CCCC/C(C)=N\NC(=O)c1ccc([N+](=O)[O-])c(C)c1. The smallest absolute Gasteiger partial charge is 0.267 e. The van der Waals surface area contributed by atoms with Crippen molar-refractivity contribution >= 4 is 17.3 Å². The van der Waals surface area contributed by atoms with Gasteiger partial charge in [0.1, 0.15) is 0 Å². The number of hydrazone groups is 1. The summed E-state index contributed by atoms with van der Waals surface area (Å²) in [6.45, 7) is 5.55. The quantitative estimate of drug-likeness (QED) is 0.492. The van der Waals surface area contributed by atoms with E-state index in [1.54, 1.807) is 6.92 Å². The van der Waals surface area contributed by atoms with Gasteiger partial charge >= 0.3 is 0 Å². The molecule has 0 aromatic heterocycles. The van der Waals surface area contributed by atoms with Crippen molar-refractivity contribution in [2.45, 2.75) is 40.0 Å². The van der Waals surface area contributed by atoms with Gasteiger partial charge in [-0.05, 0) is 38.8 Å². The number of benzene rings is 1. The summed E-state index contributed by atoms with van der Waals surface area (Å²) in [4.78, 5) is 22.1. The maximum Gasteiger partial charge on any atom is 0.272 e. The highest BCUT2D eigenvalue weighted by Gasteiger charge is 2.13. The number of nitro groups is 1. The Bertz CT molecular complexity index is 538. The van der Waals surface area contributed by atoms with Crippen LogP contribution >= 0.6 is 0 Å². The Morgan fingerprint density at radius 2 is 2.15 bits per heavy atom. The molecule has 6 heteroatoms. The molecule has 0 spiro atoms. The average molecular weight is 277 g/mol. The van der Waals surface area contributed by atoms with Gasteiger partial charge in [-0.1, -0.05) is 13.3 Å². The molecule has 6 nitrogen and oxygen atoms in total. The molecular formula is C14H19N3O3. The Balaban J connectivity index is 2.73. The van der Waals surface area contributed by atoms with Crippen molar-refractivity contribution in [3.8, 4) is 0 Å². The molecule has 0 aliphatic heterocycles. The number of nitrogens with zero attached hydrogens (tertiary/aromatic N) is 2. The minimum absolute atomic E-state index is 0.00387. The summed E-state index contributed by atoms with van der Waals surface area (Å²) in [5, 5.41) is 14.7. The van der Waals surface area contributed by atoms with E-state index in [1.807, 2.05) is 6.92 Å². The zero-order chi connectivity index (χ0) is 15.1. The second-order valence-corrected chi connectivity index (χ2v) is 4.65. The summed E-state index contributed by atoms with van der Waals surface area (Å²) >= 11 is 0. The number of rotatable bonds is 6. The van der Waals surface area contributed by atoms with Gasteiger partial charge < -0.3 is 0 Å². The summed E-state index contributed by atoms with van der Waals surface area (Å²) in [6, 6.07) is 4.25. The Morgan fingerprint density at radius 1 is 1.45 bits per heavy atom. The summed E-state index contributed by atoms with van der Waals surface area (Å²) in [7, 11) is 0. The first kappa shape index (κ1) is 15.8. The number of unbranched alkanes of at least 4 members (excludes halogenated alkanes) is 1. The van der Waals surface area contributed by atoms with Crippen LogP contribution < -0.4 is 5.43 Å². The van der Waals surface area contributed by atoms with Crippen molar-refractivity contribution < 1.29 is 9.72 Å². The van der Waals surface area contributed by atoms with Crippen LogP contribution in [0.3, 0.4) is 0 Å². The molecule has 0 fully saturated rings. The molecule has 1 amide bonds. The number of hydrogen-bond donors (Lipinski definition) is 1. The lowest BCUT2D eigenvalue weighted by atomic mass is 10.1. The maximum absolute atomic E-state index is 11.9. The lowest BCUT2D eigenvalue weighted by molar-refractivity contribution is -0.385. The van der Waals surface area contributed by atoms with Gasteiger partial charge in [-0.15, -0.1) is 0 Å². The number of carbonyl (C=O) groups is 1. The fourth-order valence-corrected chi connectivity index (χ4v) is 1.70. The highest BCUT2D eigenvalue weighted by Crippen LogP contribution is 2.18. The minimum Gasteiger partial charge on any atom is -0.267 e. The molecular weight excluding hydrogens is 258 g/mol. The zero-order valence-electron chi connectivity index (χ0n) is 12.0. The number of nitrogens with one attached hydrogen (secondary N) is 1. The van der Waals surface area contributed by atoms with Crippen LogP contribution in [0.15, 0.2) is 23.3 Å². The van der Waals surface area contributed by atoms with E-state index < -0.39 is 4.92 Å². The third-order valence-corrected chi connectivity index (χ3v) is 2.90. The summed E-state index contributed by atoms with van der Waals surface area (Å²) in [5.74, 6) is -0.362. The predicted octanol–water partition coefficient (Wildman–Crippen LogP) is 3.20. The first-order chi connectivity index (χ1) is 9.45. The molecule has 0 atom stereocenters. The van der Waals surface area contributed by atoms with Gasteiger partial charge in [0.05, 0.1) is 4.92 Å². The van der Waals surface area contributed by atoms with Gasteiger partial charge in [-0.25, -0.2) is 5.43 Å². The van der Waals surface area contributed by atoms with E-state index in [4.69, 9.17) is 0 Å². The lowest BCUT2D eigenvalue weighted by Gasteiger charge is -2.04. The largest absolute Gasteiger partial charge is 0.272 e. The minimum atomic E-state index is -0.468. The number of aryl methyl sites for hydroxylation is 1. The van der Waals surface area contributed by atoms with Crippen LogP contribution in [0.4, 0.5) is 5.69 Å². The Labute approximate surface area is 118 Å². The van der Waals surface area contributed by atoms with Crippen molar-refractivity contribution in [1.29, 1.82) is 0 Å². The molecule has 0 radical (unpaired) electrons. The summed E-state index contributed by atoms with van der Waals surface area (Å²) < 4.78 is 0. The molecule has 0 unspecified atom stereocenters. The van der Waals surface area contributed by atoms with E-state index in [0.29, 0.717) is 11.1 Å². The van der Waals surface area contributed by atoms with E-state index in [-0.39, 0.29) is 11.6 Å². The van der Waals surface area contributed by atoms with Gasteiger partial charge in [-0.2, -0.15) is 5.10 Å². The number of amides is 1. The third kappa shape index (κ3) is 4.46. The van der Waals surface area contributed by atoms with Crippen molar-refractivity contribution in [2.24, 2.45) is 5.10 Å². The van der Waals surface area contributed by atoms with E-state index in [2.05, 4.69) is 17.5 Å². The number of hydrogen-bond acceptors (Lipinski definition) is 4. The van der Waals surface area contributed by atoms with E-state index in [1.165, 1.54) is 18.2 Å². The van der Waals surface area contributed by atoms with Crippen molar-refractivity contribution in [2.75, 3.05) is 0 Å². The predicted molar refractivity (Wildman–Crippen MR) is 77.9 cm³/mol. The highest BCUT2D eigenvalue weighted by atomic mass is 16.6. The van der Waals surface area contributed by atoms with Crippen molar-refractivity contribution in [1.82, 2.24) is 5.43 Å². The van der Waals surface area contributed by atoms with Crippen LogP contribution in [0.25, 0.3) is 0 Å². The number of carbonyl (C=O) groups excluding carboxylic acids is 1. The van der Waals surface area contributed by atoms with Crippen molar-refractivity contribution in [3.63, 3.8) is 0 Å². The molecule has 1 aromatic rings. The normalized spacial score (nSPS) is 11.2. The fraction of sp³-hybridized carbons (Fsp3) is 0.429. The molecule has 108 valence electrons. The van der Waals surface area contributed by atoms with Crippen LogP contribution in [-0.4, -0.2) is 16.5 Å². The first-order valence-electron chi connectivity index (χ1n) is 6.54. The molecule has 1 aromatic carbocycles. The van der Waals surface area contributed by atoms with Crippen LogP contribution in [0.5, 0.6) is 0 Å². The molecule has 1 rings (SSSR count). The maximum atomic E-state index is 11.9. The van der Waals surface area contributed by atoms with Crippen LogP contribution in [0.1, 0.15) is 49.0 Å². The highest BCUT2D eigenvalue weighted by molar-refractivity contribution is 5.95. The second kappa shape index (κ2) is 7.37. The van der Waals surface area contributed by atoms with Gasteiger partial charge in [0.15, 0.2) is 0 Å². The van der Waals surface area contributed by atoms with Crippen LogP contribution in [0, 0.1) is 17.0 Å². The molecule has 1 N–H and O–H groups in total. The van der Waals surface area contributed by atoms with E-state index >= 15 is 0 Å². The van der Waals surface area contributed by atoms with E-state index in [0.717, 1.165) is 25.0 Å². The molecule has 0 aliphatic carbocycles. The molecule has 0 saturated carbocycles. The van der Waals surface area contributed by atoms with Crippen molar-refractivity contribution in [3.05, 3.63) is 39.4 Å². The Hall–Kier alpha value is -2.24. The van der Waals surface area contributed by atoms with Gasteiger partial charge in [-0.3, -0.25) is 14.9 Å². The average Bonchev–Trinajstić information content (AvgIpc) is 2.41. The Kier molecular flexibility index (Phi) is 5.83.